The number of anilines is 1. The molecule has 0 spiro atoms. The van der Waals surface area contributed by atoms with Crippen LogP contribution in [0.15, 0.2) is 30.5 Å². The fourth-order valence-electron chi connectivity index (χ4n) is 2.68. The van der Waals surface area contributed by atoms with Gasteiger partial charge in [-0.05, 0) is 51.8 Å². The molecule has 1 heterocycles. The molecule has 1 atom stereocenters. The van der Waals surface area contributed by atoms with E-state index in [9.17, 15) is 9.59 Å². The zero-order valence-corrected chi connectivity index (χ0v) is 15.3. The molecule has 0 saturated heterocycles. The smallest absolute Gasteiger partial charge is 0.310 e. The van der Waals surface area contributed by atoms with Crippen molar-refractivity contribution in [2.45, 2.75) is 52.5 Å². The van der Waals surface area contributed by atoms with Crippen LogP contribution in [0.4, 0.5) is 5.69 Å². The molecule has 0 aliphatic rings. The van der Waals surface area contributed by atoms with Gasteiger partial charge in [0.2, 0.25) is 0 Å². The van der Waals surface area contributed by atoms with Crippen molar-refractivity contribution in [2.75, 3.05) is 5.32 Å². The van der Waals surface area contributed by atoms with Crippen LogP contribution in [0.2, 0.25) is 0 Å². The monoisotopic (exact) mass is 343 g/mol. The first kappa shape index (κ1) is 18.7. The van der Waals surface area contributed by atoms with Crippen LogP contribution >= 0.6 is 0 Å². The summed E-state index contributed by atoms with van der Waals surface area (Å²) in [5.41, 5.74) is 2.57. The number of nitrogens with zero attached hydrogens (tertiary/aromatic N) is 2. The largest absolute Gasteiger partial charge is 0.481 e. The van der Waals surface area contributed by atoms with Gasteiger partial charge < -0.3 is 10.4 Å². The van der Waals surface area contributed by atoms with Crippen molar-refractivity contribution in [3.8, 4) is 0 Å². The average Bonchev–Trinajstić information content (AvgIpc) is 2.99. The third kappa shape index (κ3) is 4.07. The number of aliphatic carboxylic acids is 1. The zero-order valence-electron chi connectivity index (χ0n) is 15.3. The van der Waals surface area contributed by atoms with Crippen LogP contribution in [-0.4, -0.2) is 26.8 Å². The number of carboxylic acid groups (broad SMARTS) is 1. The molecular weight excluding hydrogens is 318 g/mol. The molecule has 0 aliphatic heterocycles. The zero-order chi connectivity index (χ0) is 18.8. The van der Waals surface area contributed by atoms with Gasteiger partial charge in [0.1, 0.15) is 0 Å². The molecule has 1 unspecified atom stereocenters. The van der Waals surface area contributed by atoms with Gasteiger partial charge in [0.05, 0.1) is 28.9 Å². The van der Waals surface area contributed by atoms with Crippen LogP contribution in [-0.2, 0) is 16.8 Å². The Kier molecular flexibility index (Phi) is 5.30. The topological polar surface area (TPSA) is 84.2 Å². The van der Waals surface area contributed by atoms with Crippen molar-refractivity contribution < 1.29 is 14.7 Å². The van der Waals surface area contributed by atoms with E-state index in [0.29, 0.717) is 23.2 Å². The molecule has 25 heavy (non-hydrogen) atoms. The van der Waals surface area contributed by atoms with Crippen molar-refractivity contribution in [3.05, 3.63) is 47.3 Å². The lowest BCUT2D eigenvalue weighted by Crippen LogP contribution is -2.26. The Hall–Kier alpha value is -2.63. The van der Waals surface area contributed by atoms with E-state index < -0.39 is 11.9 Å². The molecule has 1 aromatic heterocycles. The summed E-state index contributed by atoms with van der Waals surface area (Å²) < 4.78 is 1.87. The lowest BCUT2D eigenvalue weighted by molar-refractivity contribution is -0.138. The Morgan fingerprint density at radius 3 is 2.32 bits per heavy atom. The highest BCUT2D eigenvalue weighted by Gasteiger charge is 2.23. The first-order chi connectivity index (χ1) is 11.6. The van der Waals surface area contributed by atoms with Gasteiger partial charge >= 0.3 is 5.97 Å². The summed E-state index contributed by atoms with van der Waals surface area (Å²) in [7, 11) is 0. The van der Waals surface area contributed by atoms with Gasteiger partial charge in [0.15, 0.2) is 0 Å². The number of amides is 1. The molecule has 1 amide bonds. The van der Waals surface area contributed by atoms with Crippen molar-refractivity contribution in [1.82, 2.24) is 9.78 Å². The highest BCUT2D eigenvalue weighted by atomic mass is 16.4. The highest BCUT2D eigenvalue weighted by Crippen LogP contribution is 2.22. The fourth-order valence-corrected chi connectivity index (χ4v) is 2.68. The molecule has 1 aromatic carbocycles. The number of aromatic nitrogens is 2. The SMILES string of the molecule is CCc1c(C(=O)Nc2ccc(C(C)C(=O)O)cc2)cnn1C(C)(C)C. The van der Waals surface area contributed by atoms with E-state index >= 15 is 0 Å². The van der Waals surface area contributed by atoms with Crippen molar-refractivity contribution in [2.24, 2.45) is 0 Å². The molecule has 0 aliphatic carbocycles. The Morgan fingerprint density at radius 1 is 1.24 bits per heavy atom. The second-order valence-electron chi connectivity index (χ2n) is 7.08. The lowest BCUT2D eigenvalue weighted by atomic mass is 10.0. The maximum absolute atomic E-state index is 12.6. The van der Waals surface area contributed by atoms with Gasteiger partial charge in [-0.1, -0.05) is 19.1 Å². The summed E-state index contributed by atoms with van der Waals surface area (Å²) in [4.78, 5) is 23.6. The van der Waals surface area contributed by atoms with Crippen molar-refractivity contribution in [3.63, 3.8) is 0 Å². The first-order valence-electron chi connectivity index (χ1n) is 8.36. The number of benzene rings is 1. The second-order valence-corrected chi connectivity index (χ2v) is 7.08. The summed E-state index contributed by atoms with van der Waals surface area (Å²) in [6.45, 7) is 9.76. The minimum atomic E-state index is -0.876. The molecule has 2 aromatic rings. The summed E-state index contributed by atoms with van der Waals surface area (Å²) in [5.74, 6) is -1.67. The standard InChI is InChI=1S/C19H25N3O3/c1-6-16-15(11-20-22(16)19(3,4)5)17(23)21-14-9-7-13(8-10-14)12(2)18(24)25/h7-12H,6H2,1-5H3,(H,21,23)(H,24,25). The Morgan fingerprint density at radius 2 is 1.84 bits per heavy atom. The van der Waals surface area contributed by atoms with E-state index in [2.05, 4.69) is 10.4 Å². The molecule has 0 bridgehead atoms. The minimum absolute atomic E-state index is 0.196. The third-order valence-corrected chi connectivity index (χ3v) is 4.12. The molecule has 0 fully saturated rings. The number of carbonyl (C=O) groups is 2. The fraction of sp³-hybridized carbons (Fsp3) is 0.421. The average molecular weight is 343 g/mol. The Bertz CT molecular complexity index is 770. The molecule has 6 heteroatoms. The van der Waals surface area contributed by atoms with Crippen LogP contribution in [0.3, 0.4) is 0 Å². The number of rotatable bonds is 5. The molecule has 134 valence electrons. The molecule has 6 nitrogen and oxygen atoms in total. The van der Waals surface area contributed by atoms with Crippen molar-refractivity contribution >= 4 is 17.6 Å². The normalized spacial score (nSPS) is 12.7. The molecule has 2 N–H and O–H groups in total. The highest BCUT2D eigenvalue weighted by molar-refractivity contribution is 6.05. The molecule has 0 radical (unpaired) electrons. The van der Waals surface area contributed by atoms with E-state index in [1.807, 2.05) is 32.4 Å². The minimum Gasteiger partial charge on any atom is -0.481 e. The summed E-state index contributed by atoms with van der Waals surface area (Å²) in [6, 6.07) is 6.86. The van der Waals surface area contributed by atoms with Crippen LogP contribution < -0.4 is 5.32 Å². The number of hydrogen-bond acceptors (Lipinski definition) is 3. The van der Waals surface area contributed by atoms with Crippen LogP contribution in [0.25, 0.3) is 0 Å². The lowest BCUT2D eigenvalue weighted by Gasteiger charge is -2.22. The van der Waals surface area contributed by atoms with E-state index in [1.54, 1.807) is 37.4 Å². The van der Waals surface area contributed by atoms with Gasteiger partial charge in [-0.25, -0.2) is 0 Å². The van der Waals surface area contributed by atoms with Gasteiger partial charge in [-0.3, -0.25) is 14.3 Å². The van der Waals surface area contributed by atoms with E-state index in [0.717, 1.165) is 5.69 Å². The van der Waals surface area contributed by atoms with Gasteiger partial charge in [0, 0.05) is 5.69 Å². The van der Waals surface area contributed by atoms with E-state index in [-0.39, 0.29) is 11.4 Å². The van der Waals surface area contributed by atoms with Gasteiger partial charge in [-0.15, -0.1) is 0 Å². The number of carboxylic acids is 1. The van der Waals surface area contributed by atoms with Crippen LogP contribution in [0.5, 0.6) is 0 Å². The summed E-state index contributed by atoms with van der Waals surface area (Å²) >= 11 is 0. The molecular formula is C19H25N3O3. The first-order valence-corrected chi connectivity index (χ1v) is 8.36. The number of hydrogen-bond donors (Lipinski definition) is 2. The maximum Gasteiger partial charge on any atom is 0.310 e. The van der Waals surface area contributed by atoms with Gasteiger partial charge in [0.25, 0.3) is 5.91 Å². The van der Waals surface area contributed by atoms with E-state index in [4.69, 9.17) is 5.11 Å². The predicted octanol–water partition coefficient (Wildman–Crippen LogP) is 3.64. The van der Waals surface area contributed by atoms with Crippen LogP contribution in [0.1, 0.15) is 62.2 Å². The van der Waals surface area contributed by atoms with Crippen LogP contribution in [0, 0.1) is 0 Å². The quantitative estimate of drug-likeness (QED) is 0.868. The Balaban J connectivity index is 2.20. The Labute approximate surface area is 147 Å². The second kappa shape index (κ2) is 7.09. The molecule has 0 saturated carbocycles. The van der Waals surface area contributed by atoms with E-state index in [1.165, 1.54) is 0 Å². The van der Waals surface area contributed by atoms with Gasteiger partial charge in [-0.2, -0.15) is 5.10 Å². The predicted molar refractivity (Wildman–Crippen MR) is 97.0 cm³/mol. The number of nitrogens with one attached hydrogen (secondary N) is 1. The number of carbonyl (C=O) groups excluding carboxylic acids is 1. The maximum atomic E-state index is 12.6. The summed E-state index contributed by atoms with van der Waals surface area (Å²) in [5, 5.41) is 16.3. The molecule has 2 rings (SSSR count). The van der Waals surface area contributed by atoms with Crippen molar-refractivity contribution in [1.29, 1.82) is 0 Å². The summed E-state index contributed by atoms with van der Waals surface area (Å²) in [6.07, 6.45) is 2.30. The third-order valence-electron chi connectivity index (χ3n) is 4.12.